The van der Waals surface area contributed by atoms with E-state index in [1.54, 1.807) is 29.8 Å². The molecule has 96 valence electrons. The number of methoxy groups -OCH3 is 1. The SMILES string of the molecule is COc1cccc(-n2ncc(SC(C)C)c2N)c1. The van der Waals surface area contributed by atoms with Crippen LogP contribution in [0.4, 0.5) is 5.82 Å². The maximum absolute atomic E-state index is 6.11. The molecular formula is C13H17N3OS. The van der Waals surface area contributed by atoms with Gasteiger partial charge in [-0.15, -0.1) is 11.8 Å². The maximum atomic E-state index is 6.11. The highest BCUT2D eigenvalue weighted by Gasteiger charge is 2.11. The third-order valence-electron chi connectivity index (χ3n) is 2.43. The van der Waals surface area contributed by atoms with E-state index in [0.29, 0.717) is 11.1 Å². The summed E-state index contributed by atoms with van der Waals surface area (Å²) in [5.41, 5.74) is 7.02. The molecule has 0 aliphatic heterocycles. The molecule has 0 aliphatic carbocycles. The number of ether oxygens (including phenoxy) is 1. The molecule has 5 heteroatoms. The minimum atomic E-state index is 0.482. The summed E-state index contributed by atoms with van der Waals surface area (Å²) in [7, 11) is 1.64. The summed E-state index contributed by atoms with van der Waals surface area (Å²) < 4.78 is 6.93. The zero-order valence-electron chi connectivity index (χ0n) is 10.8. The van der Waals surface area contributed by atoms with E-state index < -0.39 is 0 Å². The van der Waals surface area contributed by atoms with Crippen molar-refractivity contribution in [2.45, 2.75) is 24.0 Å². The van der Waals surface area contributed by atoms with Crippen LogP contribution in [0.3, 0.4) is 0 Å². The quantitative estimate of drug-likeness (QED) is 0.862. The molecule has 0 radical (unpaired) electrons. The fraction of sp³-hybridized carbons (Fsp3) is 0.308. The van der Waals surface area contributed by atoms with E-state index in [4.69, 9.17) is 10.5 Å². The molecule has 2 rings (SSSR count). The Balaban J connectivity index is 2.36. The second kappa shape index (κ2) is 5.35. The Labute approximate surface area is 111 Å². The summed E-state index contributed by atoms with van der Waals surface area (Å²) in [6.45, 7) is 4.26. The maximum Gasteiger partial charge on any atom is 0.140 e. The summed E-state index contributed by atoms with van der Waals surface area (Å²) in [6, 6.07) is 7.68. The molecule has 0 saturated heterocycles. The van der Waals surface area contributed by atoms with Gasteiger partial charge in [-0.3, -0.25) is 0 Å². The van der Waals surface area contributed by atoms with Crippen LogP contribution in [-0.4, -0.2) is 22.1 Å². The molecule has 0 saturated carbocycles. The molecule has 1 aromatic heterocycles. The Morgan fingerprint density at radius 2 is 2.17 bits per heavy atom. The van der Waals surface area contributed by atoms with Crippen molar-refractivity contribution in [2.75, 3.05) is 12.8 Å². The van der Waals surface area contributed by atoms with Crippen molar-refractivity contribution in [3.8, 4) is 11.4 Å². The van der Waals surface area contributed by atoms with Crippen LogP contribution in [0.15, 0.2) is 35.4 Å². The summed E-state index contributed by atoms with van der Waals surface area (Å²) in [4.78, 5) is 1.01. The van der Waals surface area contributed by atoms with Crippen LogP contribution in [0.5, 0.6) is 5.75 Å². The third kappa shape index (κ3) is 2.61. The lowest BCUT2D eigenvalue weighted by Crippen LogP contribution is -2.02. The first-order valence-corrected chi connectivity index (χ1v) is 6.64. The summed E-state index contributed by atoms with van der Waals surface area (Å²) in [6.07, 6.45) is 1.81. The van der Waals surface area contributed by atoms with Gasteiger partial charge in [0.15, 0.2) is 0 Å². The van der Waals surface area contributed by atoms with Gasteiger partial charge in [-0.2, -0.15) is 5.10 Å². The number of rotatable bonds is 4. The molecule has 0 unspecified atom stereocenters. The molecule has 1 aromatic carbocycles. The molecule has 0 aliphatic rings. The number of benzene rings is 1. The van der Waals surface area contributed by atoms with Gasteiger partial charge >= 0.3 is 0 Å². The van der Waals surface area contributed by atoms with E-state index in [-0.39, 0.29) is 0 Å². The van der Waals surface area contributed by atoms with Crippen molar-refractivity contribution >= 4 is 17.6 Å². The Hall–Kier alpha value is -1.62. The molecule has 18 heavy (non-hydrogen) atoms. The van der Waals surface area contributed by atoms with Crippen LogP contribution >= 0.6 is 11.8 Å². The summed E-state index contributed by atoms with van der Waals surface area (Å²) in [5.74, 6) is 1.46. The predicted octanol–water partition coefficient (Wildman–Crippen LogP) is 2.96. The average molecular weight is 263 g/mol. The smallest absolute Gasteiger partial charge is 0.140 e. The Morgan fingerprint density at radius 1 is 1.39 bits per heavy atom. The van der Waals surface area contributed by atoms with Crippen LogP contribution in [0.2, 0.25) is 0 Å². The van der Waals surface area contributed by atoms with E-state index in [1.165, 1.54) is 0 Å². The largest absolute Gasteiger partial charge is 0.497 e. The van der Waals surface area contributed by atoms with Gasteiger partial charge in [-0.05, 0) is 12.1 Å². The van der Waals surface area contributed by atoms with E-state index in [2.05, 4.69) is 18.9 Å². The first-order valence-electron chi connectivity index (χ1n) is 5.76. The van der Waals surface area contributed by atoms with E-state index in [0.717, 1.165) is 16.3 Å². The Morgan fingerprint density at radius 3 is 2.83 bits per heavy atom. The molecule has 1 heterocycles. The Bertz CT molecular complexity index is 537. The van der Waals surface area contributed by atoms with Crippen molar-refractivity contribution in [3.05, 3.63) is 30.5 Å². The van der Waals surface area contributed by atoms with E-state index in [9.17, 15) is 0 Å². The van der Waals surface area contributed by atoms with Gasteiger partial charge in [0.05, 0.1) is 23.9 Å². The summed E-state index contributed by atoms with van der Waals surface area (Å²) in [5, 5.41) is 4.81. The zero-order valence-corrected chi connectivity index (χ0v) is 11.6. The normalized spacial score (nSPS) is 10.9. The van der Waals surface area contributed by atoms with Crippen molar-refractivity contribution in [2.24, 2.45) is 0 Å². The number of hydrogen-bond donors (Lipinski definition) is 1. The molecular weight excluding hydrogens is 246 g/mol. The van der Waals surface area contributed by atoms with Crippen molar-refractivity contribution in [1.29, 1.82) is 0 Å². The second-order valence-corrected chi connectivity index (χ2v) is 5.79. The lowest BCUT2D eigenvalue weighted by Gasteiger charge is -2.07. The molecule has 0 amide bonds. The van der Waals surface area contributed by atoms with Gasteiger partial charge in [0.1, 0.15) is 11.6 Å². The first kappa shape index (κ1) is 12.8. The van der Waals surface area contributed by atoms with Crippen LogP contribution < -0.4 is 10.5 Å². The Kier molecular flexibility index (Phi) is 3.81. The topological polar surface area (TPSA) is 53.1 Å². The van der Waals surface area contributed by atoms with Crippen molar-refractivity contribution < 1.29 is 4.74 Å². The van der Waals surface area contributed by atoms with Crippen LogP contribution in [0.25, 0.3) is 5.69 Å². The average Bonchev–Trinajstić information content (AvgIpc) is 2.70. The fourth-order valence-electron chi connectivity index (χ4n) is 1.64. The first-order chi connectivity index (χ1) is 8.61. The van der Waals surface area contributed by atoms with Gasteiger partial charge < -0.3 is 10.5 Å². The number of nitrogens with two attached hydrogens (primary N) is 1. The number of hydrogen-bond acceptors (Lipinski definition) is 4. The van der Waals surface area contributed by atoms with E-state index in [1.807, 2.05) is 24.3 Å². The third-order valence-corrected chi connectivity index (χ3v) is 3.47. The zero-order chi connectivity index (χ0) is 13.1. The molecule has 0 atom stereocenters. The highest BCUT2D eigenvalue weighted by Crippen LogP contribution is 2.30. The predicted molar refractivity (Wildman–Crippen MR) is 75.5 cm³/mol. The lowest BCUT2D eigenvalue weighted by atomic mass is 10.3. The lowest BCUT2D eigenvalue weighted by molar-refractivity contribution is 0.414. The highest BCUT2D eigenvalue weighted by atomic mass is 32.2. The number of nitrogen functional groups attached to an aromatic ring is 1. The number of aromatic nitrogens is 2. The van der Waals surface area contributed by atoms with Crippen LogP contribution in [0.1, 0.15) is 13.8 Å². The summed E-state index contributed by atoms with van der Waals surface area (Å²) >= 11 is 1.71. The van der Waals surface area contributed by atoms with E-state index >= 15 is 0 Å². The minimum Gasteiger partial charge on any atom is -0.497 e. The second-order valence-electron chi connectivity index (χ2n) is 4.17. The van der Waals surface area contributed by atoms with Crippen LogP contribution in [-0.2, 0) is 0 Å². The monoisotopic (exact) mass is 263 g/mol. The van der Waals surface area contributed by atoms with Gasteiger partial charge in [0.2, 0.25) is 0 Å². The molecule has 2 aromatic rings. The number of anilines is 1. The van der Waals surface area contributed by atoms with Crippen molar-refractivity contribution in [3.63, 3.8) is 0 Å². The fourth-order valence-corrected chi connectivity index (χ4v) is 2.46. The van der Waals surface area contributed by atoms with Gasteiger partial charge in [0.25, 0.3) is 0 Å². The highest BCUT2D eigenvalue weighted by molar-refractivity contribution is 8.00. The van der Waals surface area contributed by atoms with Crippen molar-refractivity contribution in [1.82, 2.24) is 9.78 Å². The van der Waals surface area contributed by atoms with Gasteiger partial charge in [-0.25, -0.2) is 4.68 Å². The van der Waals surface area contributed by atoms with Gasteiger partial charge in [-0.1, -0.05) is 19.9 Å². The molecule has 4 nitrogen and oxygen atoms in total. The number of thioether (sulfide) groups is 1. The van der Waals surface area contributed by atoms with Gasteiger partial charge in [0, 0.05) is 11.3 Å². The molecule has 0 bridgehead atoms. The number of nitrogens with zero attached hydrogens (tertiary/aromatic N) is 2. The molecule has 2 N–H and O–H groups in total. The van der Waals surface area contributed by atoms with Crippen LogP contribution in [0, 0.1) is 0 Å². The molecule has 0 spiro atoms. The molecule has 0 fully saturated rings. The standard InChI is InChI=1S/C13H17N3OS/c1-9(2)18-12-8-15-16(13(12)14)10-5-4-6-11(7-10)17-3/h4-9H,14H2,1-3H3. The minimum absolute atomic E-state index is 0.482.